The zero-order chi connectivity index (χ0) is 13.9. The highest BCUT2D eigenvalue weighted by atomic mass is 35.5. The fraction of sp³-hybridized carbons (Fsp3) is 0.0667. The van der Waals surface area contributed by atoms with Gasteiger partial charge in [-0.1, -0.05) is 23.7 Å². The number of halogens is 1. The summed E-state index contributed by atoms with van der Waals surface area (Å²) in [7, 11) is 0. The standard InChI is InChI=1S/C15H12ClN3O/c16-13-7-5-12(6-8-13)15-19-18-14(20-15)11-3-1-10(9-17)2-4-11/h1-8H,9,17H2. The van der Waals surface area contributed by atoms with Crippen molar-refractivity contribution in [1.82, 2.24) is 10.2 Å². The summed E-state index contributed by atoms with van der Waals surface area (Å²) in [4.78, 5) is 0. The predicted octanol–water partition coefficient (Wildman–Crippen LogP) is 3.52. The minimum atomic E-state index is 0.472. The van der Waals surface area contributed by atoms with Gasteiger partial charge in [0.1, 0.15) is 0 Å². The van der Waals surface area contributed by atoms with E-state index in [1.807, 2.05) is 36.4 Å². The van der Waals surface area contributed by atoms with Gasteiger partial charge in [-0.2, -0.15) is 0 Å². The van der Waals surface area contributed by atoms with Crippen LogP contribution in [-0.4, -0.2) is 10.2 Å². The van der Waals surface area contributed by atoms with Crippen molar-refractivity contribution in [3.63, 3.8) is 0 Å². The van der Waals surface area contributed by atoms with Gasteiger partial charge in [0, 0.05) is 22.7 Å². The van der Waals surface area contributed by atoms with Gasteiger partial charge in [-0.15, -0.1) is 10.2 Å². The van der Waals surface area contributed by atoms with Crippen molar-refractivity contribution in [2.24, 2.45) is 5.73 Å². The molecule has 0 bridgehead atoms. The summed E-state index contributed by atoms with van der Waals surface area (Å²) in [6.45, 7) is 0.514. The Morgan fingerprint density at radius 2 is 1.35 bits per heavy atom. The minimum Gasteiger partial charge on any atom is -0.416 e. The van der Waals surface area contributed by atoms with Crippen LogP contribution in [0.2, 0.25) is 5.02 Å². The number of rotatable bonds is 3. The Hall–Kier alpha value is -2.17. The number of hydrogen-bond acceptors (Lipinski definition) is 4. The van der Waals surface area contributed by atoms with Gasteiger partial charge in [-0.3, -0.25) is 0 Å². The number of hydrogen-bond donors (Lipinski definition) is 1. The van der Waals surface area contributed by atoms with Crippen LogP contribution >= 0.6 is 11.6 Å². The molecule has 0 aliphatic heterocycles. The van der Waals surface area contributed by atoms with Crippen LogP contribution in [-0.2, 0) is 6.54 Å². The smallest absolute Gasteiger partial charge is 0.248 e. The van der Waals surface area contributed by atoms with Crippen molar-refractivity contribution < 1.29 is 4.42 Å². The first kappa shape index (κ1) is 12.8. The maximum atomic E-state index is 5.85. The molecule has 0 saturated heterocycles. The Balaban J connectivity index is 1.91. The van der Waals surface area contributed by atoms with E-state index in [0.29, 0.717) is 23.3 Å². The Labute approximate surface area is 121 Å². The van der Waals surface area contributed by atoms with Crippen molar-refractivity contribution in [2.45, 2.75) is 6.54 Å². The van der Waals surface area contributed by atoms with E-state index in [9.17, 15) is 0 Å². The zero-order valence-electron chi connectivity index (χ0n) is 10.6. The van der Waals surface area contributed by atoms with Gasteiger partial charge >= 0.3 is 0 Å². The number of nitrogens with two attached hydrogens (primary N) is 1. The van der Waals surface area contributed by atoms with Gasteiger partial charge < -0.3 is 10.2 Å². The molecule has 3 aromatic rings. The molecule has 0 aliphatic rings. The predicted molar refractivity (Wildman–Crippen MR) is 78.1 cm³/mol. The molecule has 2 aromatic carbocycles. The third-order valence-corrected chi connectivity index (χ3v) is 3.20. The van der Waals surface area contributed by atoms with Gasteiger partial charge in [0.2, 0.25) is 11.8 Å². The molecule has 4 nitrogen and oxygen atoms in total. The van der Waals surface area contributed by atoms with E-state index >= 15 is 0 Å². The monoisotopic (exact) mass is 285 g/mol. The highest BCUT2D eigenvalue weighted by Gasteiger charge is 2.10. The fourth-order valence-corrected chi connectivity index (χ4v) is 1.96. The maximum absolute atomic E-state index is 5.85. The van der Waals surface area contributed by atoms with Gasteiger partial charge in [-0.05, 0) is 42.0 Å². The topological polar surface area (TPSA) is 64.9 Å². The third-order valence-electron chi connectivity index (χ3n) is 2.95. The molecule has 0 radical (unpaired) electrons. The van der Waals surface area contributed by atoms with Crippen LogP contribution in [0.1, 0.15) is 5.56 Å². The summed E-state index contributed by atoms with van der Waals surface area (Å²) in [5.41, 5.74) is 8.34. The molecule has 0 atom stereocenters. The number of benzene rings is 2. The molecule has 100 valence electrons. The number of nitrogens with zero attached hydrogens (tertiary/aromatic N) is 2. The Morgan fingerprint density at radius 3 is 1.85 bits per heavy atom. The van der Waals surface area contributed by atoms with Crippen molar-refractivity contribution in [3.8, 4) is 22.9 Å². The van der Waals surface area contributed by atoms with Crippen LogP contribution < -0.4 is 5.73 Å². The van der Waals surface area contributed by atoms with E-state index < -0.39 is 0 Å². The largest absolute Gasteiger partial charge is 0.416 e. The van der Waals surface area contributed by atoms with E-state index in [1.165, 1.54) is 0 Å². The second-order valence-electron chi connectivity index (χ2n) is 4.32. The second kappa shape index (κ2) is 5.45. The summed E-state index contributed by atoms with van der Waals surface area (Å²) < 4.78 is 5.67. The quantitative estimate of drug-likeness (QED) is 0.800. The summed E-state index contributed by atoms with van der Waals surface area (Å²) in [6, 6.07) is 15.0. The number of aromatic nitrogens is 2. The lowest BCUT2D eigenvalue weighted by Gasteiger charge is -1.98. The van der Waals surface area contributed by atoms with Crippen molar-refractivity contribution in [3.05, 3.63) is 59.1 Å². The van der Waals surface area contributed by atoms with Crippen LogP contribution in [0.15, 0.2) is 52.9 Å². The van der Waals surface area contributed by atoms with Crippen LogP contribution in [0.5, 0.6) is 0 Å². The summed E-state index contributed by atoms with van der Waals surface area (Å²) in [5, 5.41) is 8.78. The average molecular weight is 286 g/mol. The molecule has 0 spiro atoms. The molecular weight excluding hydrogens is 274 g/mol. The van der Waals surface area contributed by atoms with Crippen molar-refractivity contribution >= 4 is 11.6 Å². The van der Waals surface area contributed by atoms with Crippen LogP contribution in [0, 0.1) is 0 Å². The first-order valence-corrected chi connectivity index (χ1v) is 6.53. The summed E-state index contributed by atoms with van der Waals surface area (Å²) in [5.74, 6) is 0.957. The Bertz CT molecular complexity index is 705. The molecule has 3 rings (SSSR count). The Kier molecular flexibility index (Phi) is 3.50. The summed E-state index contributed by atoms with van der Waals surface area (Å²) >= 11 is 5.85. The van der Waals surface area contributed by atoms with Crippen LogP contribution in [0.4, 0.5) is 0 Å². The van der Waals surface area contributed by atoms with Gasteiger partial charge in [0.05, 0.1) is 0 Å². The zero-order valence-corrected chi connectivity index (χ0v) is 11.3. The van der Waals surface area contributed by atoms with Gasteiger partial charge in [0.15, 0.2) is 0 Å². The molecule has 1 aromatic heterocycles. The molecule has 20 heavy (non-hydrogen) atoms. The highest BCUT2D eigenvalue weighted by Crippen LogP contribution is 2.25. The van der Waals surface area contributed by atoms with Crippen LogP contribution in [0.25, 0.3) is 22.9 Å². The molecule has 5 heteroatoms. The van der Waals surface area contributed by atoms with Crippen LogP contribution in [0.3, 0.4) is 0 Å². The lowest BCUT2D eigenvalue weighted by molar-refractivity contribution is 0.584. The van der Waals surface area contributed by atoms with E-state index in [0.717, 1.165) is 16.7 Å². The lowest BCUT2D eigenvalue weighted by Crippen LogP contribution is -1.95. The molecule has 0 amide bonds. The van der Waals surface area contributed by atoms with Crippen molar-refractivity contribution in [2.75, 3.05) is 0 Å². The minimum absolute atomic E-state index is 0.472. The molecule has 0 unspecified atom stereocenters. The van der Waals surface area contributed by atoms with Gasteiger partial charge in [-0.25, -0.2) is 0 Å². The molecule has 0 fully saturated rings. The molecule has 0 saturated carbocycles. The van der Waals surface area contributed by atoms with E-state index in [-0.39, 0.29) is 0 Å². The highest BCUT2D eigenvalue weighted by molar-refractivity contribution is 6.30. The molecule has 1 heterocycles. The van der Waals surface area contributed by atoms with Crippen molar-refractivity contribution in [1.29, 1.82) is 0 Å². The first-order chi connectivity index (χ1) is 9.76. The SMILES string of the molecule is NCc1ccc(-c2nnc(-c3ccc(Cl)cc3)o2)cc1. The average Bonchev–Trinajstić information content (AvgIpc) is 2.98. The third kappa shape index (κ3) is 2.57. The normalized spacial score (nSPS) is 10.7. The second-order valence-corrected chi connectivity index (χ2v) is 4.76. The lowest BCUT2D eigenvalue weighted by atomic mass is 10.1. The van der Waals surface area contributed by atoms with Gasteiger partial charge in [0.25, 0.3) is 0 Å². The fourth-order valence-electron chi connectivity index (χ4n) is 1.83. The van der Waals surface area contributed by atoms with E-state index in [2.05, 4.69) is 10.2 Å². The molecule has 2 N–H and O–H groups in total. The maximum Gasteiger partial charge on any atom is 0.248 e. The van der Waals surface area contributed by atoms with E-state index in [4.69, 9.17) is 21.8 Å². The molecule has 0 aliphatic carbocycles. The Morgan fingerprint density at radius 1 is 0.850 bits per heavy atom. The molecular formula is C15H12ClN3O. The summed E-state index contributed by atoms with van der Waals surface area (Å²) in [6.07, 6.45) is 0. The first-order valence-electron chi connectivity index (χ1n) is 6.15. The van der Waals surface area contributed by atoms with E-state index in [1.54, 1.807) is 12.1 Å².